The number of fused-ring (bicyclic) bond motifs is 1. The Morgan fingerprint density at radius 2 is 1.95 bits per heavy atom. The van der Waals surface area contributed by atoms with Crippen molar-refractivity contribution in [2.24, 2.45) is 0 Å². The molecule has 3 nitrogen and oxygen atoms in total. The van der Waals surface area contributed by atoms with E-state index in [-0.39, 0.29) is 12.1 Å². The van der Waals surface area contributed by atoms with Gasteiger partial charge in [-0.1, -0.05) is 30.3 Å². The zero-order valence-electron chi connectivity index (χ0n) is 12.4. The molecule has 0 amide bonds. The van der Waals surface area contributed by atoms with Crippen molar-refractivity contribution in [3.05, 3.63) is 59.7 Å². The molecule has 0 aromatic heterocycles. The van der Waals surface area contributed by atoms with E-state index < -0.39 is 6.10 Å². The molecule has 2 aromatic carbocycles. The minimum Gasteiger partial charge on any atom is -0.491 e. The number of nitrogens with one attached hydrogen (secondary N) is 1. The number of ether oxygens (including phenoxy) is 1. The molecule has 0 bridgehead atoms. The van der Waals surface area contributed by atoms with E-state index in [1.165, 1.54) is 5.56 Å². The number of hydrogen-bond acceptors (Lipinski definition) is 3. The summed E-state index contributed by atoms with van der Waals surface area (Å²) in [7, 11) is 0. The van der Waals surface area contributed by atoms with Crippen LogP contribution in [0, 0.1) is 0 Å². The minimum atomic E-state index is -0.548. The molecule has 2 aromatic rings. The maximum Gasteiger partial charge on any atom is 0.120 e. The summed E-state index contributed by atoms with van der Waals surface area (Å²) in [5, 5.41) is 14.0. The predicted molar refractivity (Wildman–Crippen MR) is 84.7 cm³/mol. The van der Waals surface area contributed by atoms with Gasteiger partial charge in [-0.2, -0.15) is 0 Å². The fourth-order valence-electron chi connectivity index (χ4n) is 2.79. The SMILES string of the molecule is CC(C)Oc1cccc(C(O)C2Cc3ccccc3N2)c1. The quantitative estimate of drug-likeness (QED) is 0.901. The molecule has 3 heteroatoms. The van der Waals surface area contributed by atoms with Crippen LogP contribution in [0.5, 0.6) is 5.75 Å². The zero-order chi connectivity index (χ0) is 14.8. The Hall–Kier alpha value is -2.00. The first-order chi connectivity index (χ1) is 10.1. The summed E-state index contributed by atoms with van der Waals surface area (Å²) < 4.78 is 5.70. The molecule has 0 saturated heterocycles. The van der Waals surface area contributed by atoms with Gasteiger partial charge in [0, 0.05) is 5.69 Å². The summed E-state index contributed by atoms with van der Waals surface area (Å²) in [6, 6.07) is 15.9. The van der Waals surface area contributed by atoms with Crippen LogP contribution in [-0.2, 0) is 6.42 Å². The van der Waals surface area contributed by atoms with Gasteiger partial charge in [0.15, 0.2) is 0 Å². The number of aliphatic hydroxyl groups is 1. The molecule has 0 radical (unpaired) electrons. The molecule has 0 saturated carbocycles. The predicted octanol–water partition coefficient (Wildman–Crippen LogP) is 3.54. The lowest BCUT2D eigenvalue weighted by Crippen LogP contribution is -2.24. The summed E-state index contributed by atoms with van der Waals surface area (Å²) in [5.74, 6) is 0.803. The van der Waals surface area contributed by atoms with E-state index in [4.69, 9.17) is 4.74 Å². The Kier molecular flexibility index (Phi) is 3.84. The lowest BCUT2D eigenvalue weighted by atomic mass is 9.99. The van der Waals surface area contributed by atoms with Crippen LogP contribution in [0.2, 0.25) is 0 Å². The summed E-state index contributed by atoms with van der Waals surface area (Å²) >= 11 is 0. The number of rotatable bonds is 4. The average molecular weight is 283 g/mol. The third-order valence-electron chi connectivity index (χ3n) is 3.75. The third kappa shape index (κ3) is 3.03. The van der Waals surface area contributed by atoms with Crippen LogP contribution in [0.25, 0.3) is 0 Å². The van der Waals surface area contributed by atoms with Crippen molar-refractivity contribution in [1.29, 1.82) is 0 Å². The topological polar surface area (TPSA) is 41.5 Å². The van der Waals surface area contributed by atoms with Gasteiger partial charge < -0.3 is 15.2 Å². The van der Waals surface area contributed by atoms with E-state index in [1.807, 2.05) is 50.2 Å². The highest BCUT2D eigenvalue weighted by molar-refractivity contribution is 5.57. The Bertz CT molecular complexity index is 599. The monoisotopic (exact) mass is 283 g/mol. The highest BCUT2D eigenvalue weighted by atomic mass is 16.5. The van der Waals surface area contributed by atoms with Gasteiger partial charge in [-0.05, 0) is 49.6 Å². The summed E-state index contributed by atoms with van der Waals surface area (Å²) in [6.45, 7) is 4.00. The van der Waals surface area contributed by atoms with Gasteiger partial charge in [0.05, 0.1) is 18.2 Å². The zero-order valence-corrected chi connectivity index (χ0v) is 12.4. The van der Waals surface area contributed by atoms with Crippen molar-refractivity contribution in [3.8, 4) is 5.75 Å². The third-order valence-corrected chi connectivity index (χ3v) is 3.75. The molecule has 1 aliphatic rings. The Morgan fingerprint density at radius 3 is 2.71 bits per heavy atom. The molecule has 3 rings (SSSR count). The van der Waals surface area contributed by atoms with Gasteiger partial charge in [0.2, 0.25) is 0 Å². The van der Waals surface area contributed by atoms with E-state index in [1.54, 1.807) is 0 Å². The van der Waals surface area contributed by atoms with Crippen LogP contribution in [0.1, 0.15) is 31.1 Å². The first kappa shape index (κ1) is 14.0. The summed E-state index contributed by atoms with van der Waals surface area (Å²) in [4.78, 5) is 0. The summed E-state index contributed by atoms with van der Waals surface area (Å²) in [6.07, 6.45) is 0.423. The maximum absolute atomic E-state index is 10.6. The first-order valence-electron chi connectivity index (χ1n) is 7.42. The molecule has 2 N–H and O–H groups in total. The maximum atomic E-state index is 10.6. The van der Waals surface area contributed by atoms with Gasteiger partial charge in [-0.3, -0.25) is 0 Å². The molecular formula is C18H21NO2. The van der Waals surface area contributed by atoms with Gasteiger partial charge in [0.1, 0.15) is 5.75 Å². The van der Waals surface area contributed by atoms with Crippen LogP contribution in [0.15, 0.2) is 48.5 Å². The van der Waals surface area contributed by atoms with E-state index in [0.29, 0.717) is 0 Å². The molecule has 110 valence electrons. The number of aliphatic hydroxyl groups excluding tert-OH is 1. The Labute approximate surface area is 125 Å². The van der Waals surface area contributed by atoms with Crippen LogP contribution < -0.4 is 10.1 Å². The van der Waals surface area contributed by atoms with Crippen LogP contribution >= 0.6 is 0 Å². The number of hydrogen-bond donors (Lipinski definition) is 2. The number of para-hydroxylation sites is 1. The molecule has 2 atom stereocenters. The molecule has 1 aliphatic heterocycles. The second kappa shape index (κ2) is 5.78. The fraction of sp³-hybridized carbons (Fsp3) is 0.333. The highest BCUT2D eigenvalue weighted by Crippen LogP contribution is 2.32. The Morgan fingerprint density at radius 1 is 1.14 bits per heavy atom. The van der Waals surface area contributed by atoms with E-state index in [2.05, 4.69) is 17.4 Å². The lowest BCUT2D eigenvalue weighted by molar-refractivity contribution is 0.155. The number of benzene rings is 2. The van der Waals surface area contributed by atoms with E-state index in [0.717, 1.165) is 23.4 Å². The molecule has 0 fully saturated rings. The van der Waals surface area contributed by atoms with Crippen LogP contribution in [-0.4, -0.2) is 17.3 Å². The van der Waals surface area contributed by atoms with Crippen molar-refractivity contribution in [3.63, 3.8) is 0 Å². The van der Waals surface area contributed by atoms with Crippen LogP contribution in [0.3, 0.4) is 0 Å². The summed E-state index contributed by atoms with van der Waals surface area (Å²) in [5.41, 5.74) is 3.27. The normalized spacial score (nSPS) is 18.2. The van der Waals surface area contributed by atoms with Gasteiger partial charge >= 0.3 is 0 Å². The van der Waals surface area contributed by atoms with E-state index >= 15 is 0 Å². The molecule has 2 unspecified atom stereocenters. The molecular weight excluding hydrogens is 262 g/mol. The van der Waals surface area contributed by atoms with Crippen molar-refractivity contribution in [2.45, 2.75) is 38.5 Å². The highest BCUT2D eigenvalue weighted by Gasteiger charge is 2.27. The van der Waals surface area contributed by atoms with Crippen LogP contribution in [0.4, 0.5) is 5.69 Å². The molecule has 1 heterocycles. The average Bonchev–Trinajstić information content (AvgIpc) is 2.90. The van der Waals surface area contributed by atoms with Crippen molar-refractivity contribution in [2.75, 3.05) is 5.32 Å². The van der Waals surface area contributed by atoms with Crippen molar-refractivity contribution >= 4 is 5.69 Å². The Balaban J connectivity index is 1.76. The molecule has 0 aliphatic carbocycles. The van der Waals surface area contributed by atoms with Crippen molar-refractivity contribution < 1.29 is 9.84 Å². The number of anilines is 1. The second-order valence-corrected chi connectivity index (χ2v) is 5.80. The minimum absolute atomic E-state index is 0.0108. The lowest BCUT2D eigenvalue weighted by Gasteiger charge is -2.20. The molecule has 21 heavy (non-hydrogen) atoms. The second-order valence-electron chi connectivity index (χ2n) is 5.80. The van der Waals surface area contributed by atoms with Gasteiger partial charge in [-0.15, -0.1) is 0 Å². The molecule has 0 spiro atoms. The standard InChI is InChI=1S/C18H21NO2/c1-12(2)21-15-8-5-7-14(10-15)18(20)17-11-13-6-3-4-9-16(13)19-17/h3-10,12,17-20H,11H2,1-2H3. The fourth-order valence-corrected chi connectivity index (χ4v) is 2.79. The smallest absolute Gasteiger partial charge is 0.120 e. The van der Waals surface area contributed by atoms with Gasteiger partial charge in [-0.25, -0.2) is 0 Å². The van der Waals surface area contributed by atoms with Gasteiger partial charge in [0.25, 0.3) is 0 Å². The largest absolute Gasteiger partial charge is 0.491 e. The van der Waals surface area contributed by atoms with Crippen molar-refractivity contribution in [1.82, 2.24) is 0 Å². The first-order valence-corrected chi connectivity index (χ1v) is 7.42. The van der Waals surface area contributed by atoms with E-state index in [9.17, 15) is 5.11 Å².